The fraction of sp³-hybridized carbons (Fsp3) is 0. The SMILES string of the molecule is Fc1c(F)c(F)c(P(F)(F)(Cl)Cl)c(F)c1F. The molecule has 16 heavy (non-hydrogen) atoms. The molecule has 0 amide bonds. The van der Waals surface area contributed by atoms with Gasteiger partial charge in [-0.25, -0.2) is 0 Å². The van der Waals surface area contributed by atoms with E-state index in [-0.39, 0.29) is 0 Å². The van der Waals surface area contributed by atoms with E-state index in [1.165, 1.54) is 0 Å². The molecule has 0 N–H and O–H groups in total. The molecule has 0 aromatic heterocycles. The molecule has 10 heteroatoms. The van der Waals surface area contributed by atoms with Gasteiger partial charge in [-0.15, -0.1) is 0 Å². The van der Waals surface area contributed by atoms with Crippen LogP contribution in [-0.2, 0) is 0 Å². The number of hydrogen-bond donors (Lipinski definition) is 0. The Morgan fingerprint density at radius 1 is 0.625 bits per heavy atom. The van der Waals surface area contributed by atoms with Crippen molar-refractivity contribution in [3.05, 3.63) is 29.1 Å². The molecule has 1 aromatic carbocycles. The van der Waals surface area contributed by atoms with Gasteiger partial charge in [-0.05, 0) is 0 Å². The molecule has 1 aromatic rings. The first-order chi connectivity index (χ1) is 6.93. The Hall–Kier alpha value is -0.260. The van der Waals surface area contributed by atoms with E-state index < -0.39 is 40.3 Å². The van der Waals surface area contributed by atoms with E-state index in [1.807, 2.05) is 0 Å². The third-order valence-corrected chi connectivity index (χ3v) is 3.61. The quantitative estimate of drug-likeness (QED) is 0.307. The van der Waals surface area contributed by atoms with Gasteiger partial charge < -0.3 is 0 Å². The molecule has 0 nitrogen and oxygen atoms in total. The summed E-state index contributed by atoms with van der Waals surface area (Å²) in [6, 6.07) is 0. The number of benzene rings is 1. The predicted molar refractivity (Wildman–Crippen MR) is 46.7 cm³/mol. The van der Waals surface area contributed by atoms with Crippen LogP contribution in [0.4, 0.5) is 30.3 Å². The van der Waals surface area contributed by atoms with Crippen LogP contribution >= 0.6 is 28.4 Å². The Morgan fingerprint density at radius 2 is 0.875 bits per heavy atom. The topological polar surface area (TPSA) is 0 Å². The van der Waals surface area contributed by atoms with Crippen LogP contribution in [-0.4, -0.2) is 0 Å². The van der Waals surface area contributed by atoms with Crippen molar-refractivity contribution in [2.45, 2.75) is 0 Å². The molecule has 0 bridgehead atoms. The molecule has 0 fully saturated rings. The monoisotopic (exact) mass is 306 g/mol. The molecular weight excluding hydrogens is 307 g/mol. The molecule has 0 aliphatic carbocycles. The van der Waals surface area contributed by atoms with Gasteiger partial charge in [0.15, 0.2) is 0 Å². The van der Waals surface area contributed by atoms with E-state index in [1.54, 1.807) is 0 Å². The fourth-order valence-corrected chi connectivity index (χ4v) is 2.57. The maximum absolute atomic E-state index is 12.9. The van der Waals surface area contributed by atoms with Crippen molar-refractivity contribution in [3.8, 4) is 0 Å². The summed E-state index contributed by atoms with van der Waals surface area (Å²) >= 11 is 8.70. The summed E-state index contributed by atoms with van der Waals surface area (Å²) in [5.74, 6) is -20.2. The van der Waals surface area contributed by atoms with Crippen LogP contribution in [0.5, 0.6) is 0 Å². The van der Waals surface area contributed by atoms with Crippen molar-refractivity contribution in [2.75, 3.05) is 0 Å². The van der Waals surface area contributed by atoms with Gasteiger partial charge in [-0.2, -0.15) is 0 Å². The zero-order valence-corrected chi connectivity index (χ0v) is 9.26. The summed E-state index contributed by atoms with van der Waals surface area (Å²) in [6.45, 7) is 0. The predicted octanol–water partition coefficient (Wildman–Crippen LogP) is 4.64. The van der Waals surface area contributed by atoms with Crippen LogP contribution in [0.2, 0.25) is 0 Å². The Kier molecular flexibility index (Phi) is 3.12. The summed E-state index contributed by atoms with van der Waals surface area (Å²) in [7, 11) is 0. The number of halogens is 9. The molecular formula is C6Cl2F7P. The molecule has 0 saturated carbocycles. The second kappa shape index (κ2) is 3.62. The molecule has 1 rings (SSSR count). The Bertz CT molecular complexity index is 428. The second-order valence-electron chi connectivity index (χ2n) is 2.64. The summed E-state index contributed by atoms with van der Waals surface area (Å²) in [5, 5.41) is -2.48. The first-order valence-corrected chi connectivity index (χ1v) is 7.17. The van der Waals surface area contributed by atoms with E-state index >= 15 is 0 Å². The van der Waals surface area contributed by atoms with E-state index in [4.69, 9.17) is 0 Å². The third-order valence-electron chi connectivity index (χ3n) is 1.52. The molecule has 92 valence electrons. The van der Waals surface area contributed by atoms with E-state index in [2.05, 4.69) is 22.5 Å². The van der Waals surface area contributed by atoms with Crippen LogP contribution in [0, 0.1) is 29.1 Å². The third kappa shape index (κ3) is 2.21. The standard InChI is InChI=1S/C6Cl2F7P/c7-16(8,14,15)6-4(12)2(10)1(9)3(11)5(6)13. The van der Waals surface area contributed by atoms with E-state index in [9.17, 15) is 30.3 Å². The van der Waals surface area contributed by atoms with Gasteiger partial charge in [-0.3, -0.25) is 0 Å². The molecule has 0 unspecified atom stereocenters. The minimum atomic E-state index is -7.13. The fourth-order valence-electron chi connectivity index (χ4n) is 0.890. The molecule has 0 heterocycles. The van der Waals surface area contributed by atoms with Gasteiger partial charge in [-0.1, -0.05) is 0 Å². The molecule has 0 spiro atoms. The van der Waals surface area contributed by atoms with Crippen LogP contribution < -0.4 is 5.30 Å². The Labute approximate surface area is 93.7 Å². The van der Waals surface area contributed by atoms with Gasteiger partial charge in [0.2, 0.25) is 0 Å². The van der Waals surface area contributed by atoms with Crippen molar-refractivity contribution in [3.63, 3.8) is 0 Å². The maximum atomic E-state index is 12.9. The Morgan fingerprint density at radius 3 is 1.12 bits per heavy atom. The van der Waals surface area contributed by atoms with Crippen molar-refractivity contribution in [2.24, 2.45) is 0 Å². The van der Waals surface area contributed by atoms with Crippen LogP contribution in [0.25, 0.3) is 0 Å². The zero-order chi connectivity index (χ0) is 12.9. The summed E-state index contributed by atoms with van der Waals surface area (Å²) < 4.78 is 88.9. The molecule has 0 aliphatic heterocycles. The van der Waals surface area contributed by atoms with Crippen LogP contribution in [0.3, 0.4) is 0 Å². The number of rotatable bonds is 1. The average Bonchev–Trinajstić information content (AvgIpc) is 2.08. The van der Waals surface area contributed by atoms with Gasteiger partial charge in [0, 0.05) is 0 Å². The summed E-state index contributed by atoms with van der Waals surface area (Å²) in [6.07, 6.45) is 0. The Balaban J connectivity index is 3.80. The van der Waals surface area contributed by atoms with Gasteiger partial charge >= 0.3 is 93.1 Å². The molecule has 0 atom stereocenters. The van der Waals surface area contributed by atoms with Crippen LogP contribution in [0.15, 0.2) is 0 Å². The van der Waals surface area contributed by atoms with E-state index in [0.29, 0.717) is 0 Å². The normalized spacial score (nSPS) is 14.7. The van der Waals surface area contributed by atoms with Gasteiger partial charge in [0.1, 0.15) is 0 Å². The molecule has 0 saturated heterocycles. The average molecular weight is 307 g/mol. The zero-order valence-electron chi connectivity index (χ0n) is 6.85. The summed E-state index contributed by atoms with van der Waals surface area (Å²) in [5.41, 5.74) is 0. The van der Waals surface area contributed by atoms with Crippen molar-refractivity contribution < 1.29 is 30.3 Å². The van der Waals surface area contributed by atoms with Crippen molar-refractivity contribution in [1.82, 2.24) is 0 Å². The number of hydrogen-bond acceptors (Lipinski definition) is 0. The van der Waals surface area contributed by atoms with Crippen LogP contribution in [0.1, 0.15) is 0 Å². The molecule has 0 radical (unpaired) electrons. The van der Waals surface area contributed by atoms with Gasteiger partial charge in [0.05, 0.1) is 0 Å². The van der Waals surface area contributed by atoms with Crippen molar-refractivity contribution >= 4 is 33.7 Å². The summed E-state index contributed by atoms with van der Waals surface area (Å²) in [4.78, 5) is 0. The molecule has 0 aliphatic rings. The second-order valence-corrected chi connectivity index (χ2v) is 8.61. The first-order valence-electron chi connectivity index (χ1n) is 3.34. The van der Waals surface area contributed by atoms with Gasteiger partial charge in [0.25, 0.3) is 0 Å². The van der Waals surface area contributed by atoms with E-state index in [0.717, 1.165) is 0 Å². The van der Waals surface area contributed by atoms with Crippen molar-refractivity contribution in [1.29, 1.82) is 0 Å². The minimum absolute atomic E-state index is 2.48. The first kappa shape index (κ1) is 13.8.